The second-order valence-corrected chi connectivity index (χ2v) is 6.81. The summed E-state index contributed by atoms with van der Waals surface area (Å²) < 4.78 is 5.85. The maximum absolute atomic E-state index is 12.3. The van der Waals surface area contributed by atoms with Gasteiger partial charge in [-0.15, -0.1) is 0 Å². The summed E-state index contributed by atoms with van der Waals surface area (Å²) in [6.45, 7) is 0. The number of nitrogens with zero attached hydrogens (tertiary/aromatic N) is 2. The lowest BCUT2D eigenvalue weighted by Crippen LogP contribution is -2.11. The van der Waals surface area contributed by atoms with Crippen molar-refractivity contribution in [3.8, 4) is 11.5 Å². The van der Waals surface area contributed by atoms with Crippen molar-refractivity contribution >= 4 is 17.4 Å². The van der Waals surface area contributed by atoms with Gasteiger partial charge in [0.2, 0.25) is 0 Å². The third kappa shape index (κ3) is 5.39. The molecule has 31 heavy (non-hydrogen) atoms. The van der Waals surface area contributed by atoms with Crippen LogP contribution < -0.4 is 10.1 Å². The Labute approximate surface area is 179 Å². The summed E-state index contributed by atoms with van der Waals surface area (Å²) in [5.41, 5.74) is 2.64. The van der Waals surface area contributed by atoms with Crippen LogP contribution in [0.2, 0.25) is 0 Å². The van der Waals surface area contributed by atoms with Crippen molar-refractivity contribution in [2.24, 2.45) is 0 Å². The minimum Gasteiger partial charge on any atom is -0.457 e. The number of carbonyl (C=O) groups excluding carboxylic acids is 2. The Morgan fingerprint density at radius 2 is 1.32 bits per heavy atom. The molecule has 0 unspecified atom stereocenters. The van der Waals surface area contributed by atoms with Crippen molar-refractivity contribution in [2.45, 2.75) is 6.42 Å². The van der Waals surface area contributed by atoms with Crippen LogP contribution in [-0.2, 0) is 6.42 Å². The molecule has 0 aliphatic carbocycles. The van der Waals surface area contributed by atoms with Gasteiger partial charge in [0.25, 0.3) is 5.91 Å². The van der Waals surface area contributed by atoms with Crippen LogP contribution >= 0.6 is 0 Å². The zero-order chi connectivity index (χ0) is 21.5. The molecule has 0 radical (unpaired) electrons. The fourth-order valence-corrected chi connectivity index (χ4v) is 2.93. The summed E-state index contributed by atoms with van der Waals surface area (Å²) in [7, 11) is 0. The summed E-state index contributed by atoms with van der Waals surface area (Å²) >= 11 is 0. The van der Waals surface area contributed by atoms with Crippen molar-refractivity contribution in [2.75, 3.05) is 5.32 Å². The van der Waals surface area contributed by atoms with Crippen LogP contribution in [0.15, 0.2) is 97.6 Å². The maximum atomic E-state index is 12.3. The average molecular weight is 409 g/mol. The molecule has 0 fully saturated rings. The van der Waals surface area contributed by atoms with Crippen molar-refractivity contribution in [3.63, 3.8) is 0 Å². The first-order valence-corrected chi connectivity index (χ1v) is 9.69. The highest BCUT2D eigenvalue weighted by atomic mass is 16.5. The summed E-state index contributed by atoms with van der Waals surface area (Å²) in [4.78, 5) is 32.4. The van der Waals surface area contributed by atoms with E-state index in [2.05, 4.69) is 15.3 Å². The number of Topliss-reactive ketones (excluding diaryl/α,β-unsaturated/α-hetero) is 1. The van der Waals surface area contributed by atoms with E-state index in [-0.39, 0.29) is 11.7 Å². The van der Waals surface area contributed by atoms with E-state index in [1.807, 2.05) is 24.3 Å². The van der Waals surface area contributed by atoms with E-state index in [9.17, 15) is 9.59 Å². The third-order valence-electron chi connectivity index (χ3n) is 4.54. The number of pyridine rings is 2. The van der Waals surface area contributed by atoms with Gasteiger partial charge < -0.3 is 10.1 Å². The van der Waals surface area contributed by atoms with E-state index in [4.69, 9.17) is 4.74 Å². The maximum Gasteiger partial charge on any atom is 0.257 e. The van der Waals surface area contributed by atoms with E-state index < -0.39 is 0 Å². The molecule has 2 aromatic heterocycles. The minimum atomic E-state index is -0.224. The zero-order valence-corrected chi connectivity index (χ0v) is 16.6. The lowest BCUT2D eigenvalue weighted by molar-refractivity contribution is 0.0990. The number of aromatic nitrogens is 2. The highest BCUT2D eigenvalue weighted by molar-refractivity contribution is 6.04. The normalized spacial score (nSPS) is 10.3. The Kier molecular flexibility index (Phi) is 6.09. The molecule has 0 aliphatic rings. The number of benzene rings is 2. The lowest BCUT2D eigenvalue weighted by atomic mass is 10.0. The van der Waals surface area contributed by atoms with Gasteiger partial charge in [0, 0.05) is 42.5 Å². The van der Waals surface area contributed by atoms with Crippen LogP contribution in [0.3, 0.4) is 0 Å². The second-order valence-electron chi connectivity index (χ2n) is 6.81. The number of ether oxygens (including phenoxy) is 1. The average Bonchev–Trinajstić information content (AvgIpc) is 2.82. The first-order chi connectivity index (χ1) is 15.2. The number of hydrogen-bond acceptors (Lipinski definition) is 5. The van der Waals surface area contributed by atoms with E-state index in [0.29, 0.717) is 34.7 Å². The van der Waals surface area contributed by atoms with Gasteiger partial charge >= 0.3 is 0 Å². The molecule has 4 rings (SSSR count). The van der Waals surface area contributed by atoms with Gasteiger partial charge in [-0.25, -0.2) is 0 Å². The molecule has 2 heterocycles. The summed E-state index contributed by atoms with van der Waals surface area (Å²) in [6, 6.07) is 21.4. The van der Waals surface area contributed by atoms with Crippen molar-refractivity contribution in [3.05, 3.63) is 114 Å². The van der Waals surface area contributed by atoms with E-state index in [1.165, 1.54) is 6.20 Å². The number of anilines is 1. The molecule has 1 amide bonds. The Hall–Kier alpha value is -4.32. The van der Waals surface area contributed by atoms with E-state index in [0.717, 1.165) is 5.56 Å². The topological polar surface area (TPSA) is 81.2 Å². The van der Waals surface area contributed by atoms with Crippen LogP contribution in [0.25, 0.3) is 0 Å². The Morgan fingerprint density at radius 3 is 1.90 bits per heavy atom. The highest BCUT2D eigenvalue weighted by Crippen LogP contribution is 2.24. The molecule has 0 aliphatic heterocycles. The van der Waals surface area contributed by atoms with Crippen LogP contribution in [0, 0.1) is 0 Å². The largest absolute Gasteiger partial charge is 0.457 e. The third-order valence-corrected chi connectivity index (χ3v) is 4.54. The molecule has 0 spiro atoms. The molecule has 0 saturated carbocycles. The molecule has 1 N–H and O–H groups in total. The summed E-state index contributed by atoms with van der Waals surface area (Å²) in [5, 5.41) is 2.82. The molecule has 6 heteroatoms. The summed E-state index contributed by atoms with van der Waals surface area (Å²) in [5.74, 6) is 1.09. The number of ketones is 1. The fraction of sp³-hybridized carbons (Fsp3) is 0.0400. The molecule has 152 valence electrons. The Bertz CT molecular complexity index is 1070. The quantitative estimate of drug-likeness (QED) is 0.437. The fourth-order valence-electron chi connectivity index (χ4n) is 2.93. The van der Waals surface area contributed by atoms with Crippen molar-refractivity contribution in [1.82, 2.24) is 9.97 Å². The molecular weight excluding hydrogens is 390 g/mol. The van der Waals surface area contributed by atoms with Crippen LogP contribution in [-0.4, -0.2) is 21.7 Å². The highest BCUT2D eigenvalue weighted by Gasteiger charge is 2.08. The number of carbonyl (C=O) groups is 2. The summed E-state index contributed by atoms with van der Waals surface area (Å²) in [6.07, 6.45) is 6.65. The van der Waals surface area contributed by atoms with Gasteiger partial charge in [0.1, 0.15) is 11.5 Å². The predicted molar refractivity (Wildman–Crippen MR) is 117 cm³/mol. The number of amides is 1. The van der Waals surface area contributed by atoms with Gasteiger partial charge in [-0.2, -0.15) is 0 Å². The van der Waals surface area contributed by atoms with Gasteiger partial charge in [-0.1, -0.05) is 12.1 Å². The standard InChI is InChI=1S/C25H19N3O3/c29-24(19-3-1-13-26-16-19)15-18-5-9-22(10-6-18)31-23-11-7-21(8-12-23)28-25(30)20-4-2-14-27-17-20/h1-14,16-17H,15H2,(H,28,30). The zero-order valence-electron chi connectivity index (χ0n) is 16.6. The molecule has 2 aromatic carbocycles. The first kappa shape index (κ1) is 20.0. The smallest absolute Gasteiger partial charge is 0.257 e. The molecule has 0 bridgehead atoms. The SMILES string of the molecule is O=C(Cc1ccc(Oc2ccc(NC(=O)c3cccnc3)cc2)cc1)c1cccnc1. The Morgan fingerprint density at radius 1 is 0.742 bits per heavy atom. The van der Waals surface area contributed by atoms with Crippen LogP contribution in [0.5, 0.6) is 11.5 Å². The number of nitrogens with one attached hydrogen (secondary N) is 1. The molecule has 6 nitrogen and oxygen atoms in total. The molecule has 0 saturated heterocycles. The Balaban J connectivity index is 1.34. The lowest BCUT2D eigenvalue weighted by Gasteiger charge is -2.09. The van der Waals surface area contributed by atoms with Crippen molar-refractivity contribution in [1.29, 1.82) is 0 Å². The predicted octanol–water partition coefficient (Wildman–Crippen LogP) is 4.95. The van der Waals surface area contributed by atoms with Gasteiger partial charge in [-0.05, 0) is 66.2 Å². The van der Waals surface area contributed by atoms with Crippen LogP contribution in [0.4, 0.5) is 5.69 Å². The first-order valence-electron chi connectivity index (χ1n) is 9.69. The van der Waals surface area contributed by atoms with Crippen molar-refractivity contribution < 1.29 is 14.3 Å². The monoisotopic (exact) mass is 409 g/mol. The second kappa shape index (κ2) is 9.45. The number of hydrogen-bond donors (Lipinski definition) is 1. The van der Waals surface area contributed by atoms with Gasteiger partial charge in [0.05, 0.1) is 5.56 Å². The van der Waals surface area contributed by atoms with Gasteiger partial charge in [0.15, 0.2) is 5.78 Å². The van der Waals surface area contributed by atoms with Gasteiger partial charge in [-0.3, -0.25) is 19.6 Å². The molecular formula is C25H19N3O3. The van der Waals surface area contributed by atoms with E-state index in [1.54, 1.807) is 67.1 Å². The van der Waals surface area contributed by atoms with E-state index >= 15 is 0 Å². The minimum absolute atomic E-state index is 0.0192. The number of rotatable bonds is 7. The van der Waals surface area contributed by atoms with Crippen LogP contribution in [0.1, 0.15) is 26.3 Å². The molecule has 0 atom stereocenters. The molecule has 4 aromatic rings.